The van der Waals surface area contributed by atoms with Gasteiger partial charge >= 0.3 is 7.32 Å². The van der Waals surface area contributed by atoms with E-state index in [1.54, 1.807) is 24.3 Å². The first-order chi connectivity index (χ1) is 14.3. The van der Waals surface area contributed by atoms with Crippen LogP contribution in [0.15, 0.2) is 42.5 Å². The molecule has 0 aromatic heterocycles. The molecule has 0 aliphatic rings. The van der Waals surface area contributed by atoms with Crippen LogP contribution in [0.4, 0.5) is 4.39 Å². The number of rotatable bonds is 11. The Bertz CT molecular complexity index is 861. The number of Topliss-reactive ketones (excluding diaryl/α,β-unsaturated/α-hetero) is 1. The Labute approximate surface area is 173 Å². The molecule has 160 valence electrons. The van der Waals surface area contributed by atoms with Crippen molar-refractivity contribution < 1.29 is 38.2 Å². The number of benzene rings is 2. The van der Waals surface area contributed by atoms with Gasteiger partial charge in [-0.15, -0.1) is 0 Å². The molecule has 2 aromatic rings. The minimum absolute atomic E-state index is 0.0517. The summed E-state index contributed by atoms with van der Waals surface area (Å²) in [7, 11) is 0.751. The van der Waals surface area contributed by atoms with Gasteiger partial charge in [0.25, 0.3) is 0 Å². The normalized spacial score (nSPS) is 11.5. The van der Waals surface area contributed by atoms with Crippen molar-refractivity contribution >= 4 is 19.0 Å². The van der Waals surface area contributed by atoms with Gasteiger partial charge in [-0.3, -0.25) is 9.59 Å². The summed E-state index contributed by atoms with van der Waals surface area (Å²) >= 11 is 0. The van der Waals surface area contributed by atoms with Gasteiger partial charge in [-0.1, -0.05) is 0 Å². The van der Waals surface area contributed by atoms with Crippen LogP contribution in [0.3, 0.4) is 0 Å². The maximum atomic E-state index is 13.7. The Morgan fingerprint density at radius 2 is 1.70 bits per heavy atom. The summed E-state index contributed by atoms with van der Waals surface area (Å²) in [5, 5.41) is 20.7. The Kier molecular flexibility index (Phi) is 8.78. The fourth-order valence-corrected chi connectivity index (χ4v) is 2.75. The Balaban J connectivity index is 1.95. The van der Waals surface area contributed by atoms with Crippen LogP contribution >= 0.6 is 0 Å². The molecule has 8 nitrogen and oxygen atoms in total. The molecule has 0 fully saturated rings. The van der Waals surface area contributed by atoms with E-state index < -0.39 is 25.3 Å². The third-order valence-electron chi connectivity index (χ3n) is 4.19. The fraction of sp³-hybridized carbons (Fsp3) is 0.300. The summed E-state index contributed by atoms with van der Waals surface area (Å²) in [4.78, 5) is 24.4. The highest BCUT2D eigenvalue weighted by Gasteiger charge is 2.21. The predicted molar refractivity (Wildman–Crippen MR) is 106 cm³/mol. The average molecular weight is 419 g/mol. The molecule has 0 unspecified atom stereocenters. The van der Waals surface area contributed by atoms with Crippen molar-refractivity contribution in [3.8, 4) is 11.5 Å². The first-order valence-electron chi connectivity index (χ1n) is 9.12. The van der Waals surface area contributed by atoms with Crippen molar-refractivity contribution in [3.63, 3.8) is 0 Å². The van der Waals surface area contributed by atoms with E-state index in [1.807, 2.05) is 0 Å². The molecular formula is C20H23BFNO7. The smallest absolute Gasteiger partial charge is 0.497 e. The van der Waals surface area contributed by atoms with Crippen molar-refractivity contribution in [1.82, 2.24) is 5.32 Å². The maximum Gasteiger partial charge on any atom is 0.635 e. The van der Waals surface area contributed by atoms with Crippen LogP contribution in [0.1, 0.15) is 28.8 Å². The molecule has 2 aromatic carbocycles. The Morgan fingerprint density at radius 1 is 1.03 bits per heavy atom. The first-order valence-corrected chi connectivity index (χ1v) is 9.12. The molecule has 0 saturated heterocycles. The van der Waals surface area contributed by atoms with Gasteiger partial charge in [0, 0.05) is 30.9 Å². The molecule has 0 aliphatic heterocycles. The number of carbonyl (C=O) groups excluding carboxylic acids is 2. The molecule has 0 aliphatic carbocycles. The second kappa shape index (κ2) is 11.3. The van der Waals surface area contributed by atoms with E-state index >= 15 is 0 Å². The average Bonchev–Trinajstić information content (AvgIpc) is 2.71. The number of halogens is 1. The highest BCUT2D eigenvalue weighted by atomic mass is 19.1. The van der Waals surface area contributed by atoms with E-state index in [9.17, 15) is 14.0 Å². The molecule has 0 spiro atoms. The second-order valence-corrected chi connectivity index (χ2v) is 6.37. The third kappa shape index (κ3) is 7.47. The summed E-state index contributed by atoms with van der Waals surface area (Å²) in [5.41, 5.74) is 0.848. The lowest BCUT2D eigenvalue weighted by molar-refractivity contribution is -0.123. The van der Waals surface area contributed by atoms with Crippen molar-refractivity contribution in [2.45, 2.75) is 25.5 Å². The first kappa shape index (κ1) is 23.3. The summed E-state index contributed by atoms with van der Waals surface area (Å²) < 4.78 is 28.5. The highest BCUT2D eigenvalue weighted by molar-refractivity contribution is 6.32. The molecule has 2 rings (SSSR count). The van der Waals surface area contributed by atoms with Crippen molar-refractivity contribution in [3.05, 3.63) is 59.4 Å². The summed E-state index contributed by atoms with van der Waals surface area (Å²) in [6, 6.07) is 10.4. The Morgan fingerprint density at radius 3 is 2.30 bits per heavy atom. The van der Waals surface area contributed by atoms with Crippen molar-refractivity contribution in [1.29, 1.82) is 0 Å². The molecule has 1 amide bonds. The van der Waals surface area contributed by atoms with Gasteiger partial charge in [-0.05, 0) is 42.0 Å². The predicted octanol–water partition coefficient (Wildman–Crippen LogP) is 1.48. The number of ether oxygens (including phenoxy) is 2. The number of carbonyl (C=O) groups is 2. The monoisotopic (exact) mass is 419 g/mol. The van der Waals surface area contributed by atoms with Gasteiger partial charge in [-0.25, -0.2) is 4.39 Å². The summed E-state index contributed by atoms with van der Waals surface area (Å²) in [6.45, 7) is 0. The van der Waals surface area contributed by atoms with E-state index in [4.69, 9.17) is 24.2 Å². The number of ketones is 1. The molecule has 30 heavy (non-hydrogen) atoms. The SMILES string of the molecule is COc1ccc(C(=O)CCC(=O)N[C@@H](Cc2cc(F)cc(OC)c2)OB(O)O)cc1. The minimum atomic E-state index is -2.15. The van der Waals surface area contributed by atoms with Gasteiger partial charge in [0.05, 0.1) is 14.2 Å². The number of hydrogen-bond acceptors (Lipinski definition) is 7. The van der Waals surface area contributed by atoms with Crippen LogP contribution in [-0.4, -0.2) is 49.5 Å². The number of hydrogen-bond donors (Lipinski definition) is 3. The van der Waals surface area contributed by atoms with Crippen LogP contribution < -0.4 is 14.8 Å². The largest absolute Gasteiger partial charge is 0.635 e. The maximum absolute atomic E-state index is 13.7. The zero-order valence-electron chi connectivity index (χ0n) is 16.6. The molecule has 0 heterocycles. The van der Waals surface area contributed by atoms with Gasteiger partial charge < -0.3 is 29.5 Å². The van der Waals surface area contributed by atoms with Crippen LogP contribution in [0.25, 0.3) is 0 Å². The lowest BCUT2D eigenvalue weighted by atomic mass is 10.1. The lowest BCUT2D eigenvalue weighted by Gasteiger charge is -2.20. The topological polar surface area (TPSA) is 114 Å². The van der Waals surface area contributed by atoms with Gasteiger partial charge in [0.2, 0.25) is 5.91 Å². The van der Waals surface area contributed by atoms with Crippen LogP contribution in [-0.2, 0) is 15.9 Å². The molecule has 0 saturated carbocycles. The minimum Gasteiger partial charge on any atom is -0.497 e. The number of amides is 1. The zero-order valence-corrected chi connectivity index (χ0v) is 16.6. The summed E-state index contributed by atoms with van der Waals surface area (Å²) in [6.07, 6.45) is -1.40. The van der Waals surface area contributed by atoms with Gasteiger partial charge in [-0.2, -0.15) is 0 Å². The fourth-order valence-electron chi connectivity index (χ4n) is 2.75. The molecule has 0 radical (unpaired) electrons. The molecule has 3 N–H and O–H groups in total. The molecule has 10 heteroatoms. The van der Waals surface area contributed by atoms with E-state index in [-0.39, 0.29) is 30.8 Å². The standard InChI is InChI=1S/C20H23BFNO7/c1-28-16-5-3-14(4-6-16)18(24)7-8-19(25)23-20(30-21(26)27)11-13-9-15(22)12-17(10-13)29-2/h3-6,9-10,12,20,26-27H,7-8,11H2,1-2H3,(H,23,25)/t20-/m1/s1. The second-order valence-electron chi connectivity index (χ2n) is 6.37. The van der Waals surface area contributed by atoms with Crippen LogP contribution in [0.2, 0.25) is 0 Å². The third-order valence-corrected chi connectivity index (χ3v) is 4.19. The van der Waals surface area contributed by atoms with Crippen molar-refractivity contribution in [2.75, 3.05) is 14.2 Å². The van der Waals surface area contributed by atoms with E-state index in [0.717, 1.165) is 0 Å². The quantitative estimate of drug-likeness (QED) is 0.287. The number of methoxy groups -OCH3 is 2. The Hall–Kier alpha value is -2.95. The zero-order chi connectivity index (χ0) is 22.1. The van der Waals surface area contributed by atoms with Crippen molar-refractivity contribution in [2.24, 2.45) is 0 Å². The van der Waals surface area contributed by atoms with Crippen LogP contribution in [0.5, 0.6) is 11.5 Å². The van der Waals surface area contributed by atoms with E-state index in [1.165, 1.54) is 32.4 Å². The van der Waals surface area contributed by atoms with Crippen LogP contribution in [0, 0.1) is 5.82 Å². The van der Waals surface area contributed by atoms with Gasteiger partial charge in [0.1, 0.15) is 23.5 Å². The molecule has 1 atom stereocenters. The summed E-state index contributed by atoms with van der Waals surface area (Å²) in [5.74, 6) is -0.442. The molecule has 0 bridgehead atoms. The van der Waals surface area contributed by atoms with Gasteiger partial charge in [0.15, 0.2) is 5.78 Å². The van der Waals surface area contributed by atoms with E-state index in [0.29, 0.717) is 16.9 Å². The molecular weight excluding hydrogens is 396 g/mol. The number of nitrogens with one attached hydrogen (secondary N) is 1. The highest BCUT2D eigenvalue weighted by Crippen LogP contribution is 2.18. The van der Waals surface area contributed by atoms with E-state index in [2.05, 4.69) is 5.32 Å². The lowest BCUT2D eigenvalue weighted by Crippen LogP contribution is -2.42.